The van der Waals surface area contributed by atoms with Crippen LogP contribution in [-0.2, 0) is 11.2 Å². The van der Waals surface area contributed by atoms with E-state index in [-0.39, 0.29) is 11.7 Å². The predicted octanol–water partition coefficient (Wildman–Crippen LogP) is 3.76. The highest BCUT2D eigenvalue weighted by molar-refractivity contribution is 9.10. The van der Waals surface area contributed by atoms with Gasteiger partial charge in [0.05, 0.1) is 10.9 Å². The summed E-state index contributed by atoms with van der Waals surface area (Å²) < 4.78 is 13.5. The Morgan fingerprint density at radius 3 is 2.78 bits per heavy atom. The van der Waals surface area contributed by atoms with Crippen molar-refractivity contribution in [1.29, 1.82) is 0 Å². The summed E-state index contributed by atoms with van der Waals surface area (Å²) in [5.74, 6) is 0.564. The Hall–Kier alpha value is -0.940. The van der Waals surface area contributed by atoms with E-state index in [1.54, 1.807) is 12.1 Å². The van der Waals surface area contributed by atoms with Gasteiger partial charge in [0.1, 0.15) is 5.82 Å². The molecular weight excluding hydrogens is 359 g/mol. The first-order chi connectivity index (χ1) is 11.0. The molecule has 1 aromatic carbocycles. The maximum Gasteiger partial charge on any atom is 0.224 e. The molecule has 23 heavy (non-hydrogen) atoms. The second-order valence-electron chi connectivity index (χ2n) is 6.51. The molecule has 0 aromatic heterocycles. The highest BCUT2D eigenvalue weighted by Gasteiger charge is 2.14. The fraction of sp³-hybridized carbons (Fsp3) is 0.611. The van der Waals surface area contributed by atoms with Gasteiger partial charge in [0, 0.05) is 6.54 Å². The number of rotatable bonds is 7. The van der Waals surface area contributed by atoms with Crippen LogP contribution in [0.2, 0.25) is 0 Å². The van der Waals surface area contributed by atoms with E-state index >= 15 is 0 Å². The molecule has 5 heteroatoms. The zero-order chi connectivity index (χ0) is 16.7. The monoisotopic (exact) mass is 384 g/mol. The number of unbranched alkanes of at least 4 members (excludes halogenated alkanes) is 1. The van der Waals surface area contributed by atoms with Gasteiger partial charge in [-0.15, -0.1) is 0 Å². The minimum absolute atomic E-state index is 0.00435. The SMILES string of the molecule is CC1CCN(CCCCNC(=O)Cc2ccc(F)c(Br)c2)CC1. The van der Waals surface area contributed by atoms with Crippen LogP contribution >= 0.6 is 15.9 Å². The molecule has 1 amide bonds. The molecule has 1 aromatic rings. The summed E-state index contributed by atoms with van der Waals surface area (Å²) in [5, 5.41) is 2.94. The molecule has 0 spiro atoms. The minimum atomic E-state index is -0.304. The molecule has 3 nitrogen and oxygen atoms in total. The van der Waals surface area contributed by atoms with Gasteiger partial charge in [0.15, 0.2) is 0 Å². The first-order valence-electron chi connectivity index (χ1n) is 8.47. The smallest absolute Gasteiger partial charge is 0.224 e. The van der Waals surface area contributed by atoms with Crippen molar-refractivity contribution in [1.82, 2.24) is 10.2 Å². The van der Waals surface area contributed by atoms with Crippen LogP contribution in [0.3, 0.4) is 0 Å². The third-order valence-electron chi connectivity index (χ3n) is 4.45. The van der Waals surface area contributed by atoms with Crippen LogP contribution in [0, 0.1) is 11.7 Å². The van der Waals surface area contributed by atoms with Gasteiger partial charge in [-0.25, -0.2) is 4.39 Å². The molecule has 0 bridgehead atoms. The molecule has 128 valence electrons. The number of carbonyl (C=O) groups excluding carboxylic acids is 1. The topological polar surface area (TPSA) is 32.3 Å². The van der Waals surface area contributed by atoms with Crippen LogP contribution in [0.4, 0.5) is 4.39 Å². The van der Waals surface area contributed by atoms with Gasteiger partial charge >= 0.3 is 0 Å². The molecule has 1 aliphatic heterocycles. The average Bonchev–Trinajstić information content (AvgIpc) is 2.52. The van der Waals surface area contributed by atoms with Crippen LogP contribution in [0.15, 0.2) is 22.7 Å². The normalized spacial score (nSPS) is 16.5. The summed E-state index contributed by atoms with van der Waals surface area (Å²) in [6, 6.07) is 4.69. The molecule has 1 saturated heterocycles. The lowest BCUT2D eigenvalue weighted by Gasteiger charge is -2.30. The van der Waals surface area contributed by atoms with Crippen LogP contribution in [0.1, 0.15) is 38.2 Å². The lowest BCUT2D eigenvalue weighted by Crippen LogP contribution is -2.34. The predicted molar refractivity (Wildman–Crippen MR) is 94.9 cm³/mol. The van der Waals surface area contributed by atoms with Gasteiger partial charge in [0.25, 0.3) is 0 Å². The highest BCUT2D eigenvalue weighted by atomic mass is 79.9. The van der Waals surface area contributed by atoms with E-state index in [0.29, 0.717) is 17.4 Å². The van der Waals surface area contributed by atoms with Crippen molar-refractivity contribution in [3.8, 4) is 0 Å². The summed E-state index contributed by atoms with van der Waals surface area (Å²) in [4.78, 5) is 14.4. The zero-order valence-electron chi connectivity index (χ0n) is 13.8. The number of nitrogens with one attached hydrogen (secondary N) is 1. The van der Waals surface area contributed by atoms with Crippen molar-refractivity contribution in [3.63, 3.8) is 0 Å². The van der Waals surface area contributed by atoms with Crippen molar-refractivity contribution < 1.29 is 9.18 Å². The Labute approximate surface area is 146 Å². The molecule has 1 fully saturated rings. The van der Waals surface area contributed by atoms with Gasteiger partial charge in [-0.05, 0) is 84.9 Å². The van der Waals surface area contributed by atoms with Gasteiger partial charge in [-0.1, -0.05) is 13.0 Å². The fourth-order valence-corrected chi connectivity index (χ4v) is 3.30. The number of nitrogens with zero attached hydrogens (tertiary/aromatic N) is 1. The maximum atomic E-state index is 13.1. The largest absolute Gasteiger partial charge is 0.356 e. The fourth-order valence-electron chi connectivity index (χ4n) is 2.87. The van der Waals surface area contributed by atoms with E-state index in [4.69, 9.17) is 0 Å². The molecule has 1 N–H and O–H groups in total. The molecule has 1 aliphatic rings. The standard InChI is InChI=1S/C18H26BrFN2O/c1-14-6-10-22(11-7-14)9-3-2-8-21-18(23)13-15-4-5-17(20)16(19)12-15/h4-5,12,14H,2-3,6-11,13H2,1H3,(H,21,23). The van der Waals surface area contributed by atoms with E-state index in [1.165, 1.54) is 32.0 Å². The lowest BCUT2D eigenvalue weighted by atomic mass is 9.99. The first-order valence-corrected chi connectivity index (χ1v) is 9.27. The number of likely N-dealkylation sites (tertiary alicyclic amines) is 1. The Balaban J connectivity index is 1.57. The minimum Gasteiger partial charge on any atom is -0.356 e. The third-order valence-corrected chi connectivity index (χ3v) is 5.06. The molecule has 0 radical (unpaired) electrons. The van der Waals surface area contributed by atoms with E-state index in [2.05, 4.69) is 33.1 Å². The highest BCUT2D eigenvalue weighted by Crippen LogP contribution is 2.17. The van der Waals surface area contributed by atoms with Crippen LogP contribution in [0.5, 0.6) is 0 Å². The van der Waals surface area contributed by atoms with E-state index < -0.39 is 0 Å². The van der Waals surface area contributed by atoms with Crippen molar-refractivity contribution in [2.24, 2.45) is 5.92 Å². The quantitative estimate of drug-likeness (QED) is 0.725. The second kappa shape index (κ2) is 9.38. The van der Waals surface area contributed by atoms with Crippen LogP contribution in [-0.4, -0.2) is 37.0 Å². The lowest BCUT2D eigenvalue weighted by molar-refractivity contribution is -0.120. The van der Waals surface area contributed by atoms with Crippen molar-refractivity contribution >= 4 is 21.8 Å². The third kappa shape index (κ3) is 6.60. The molecule has 2 rings (SSSR count). The summed E-state index contributed by atoms with van der Waals surface area (Å²) in [6.45, 7) is 6.60. The van der Waals surface area contributed by atoms with Gasteiger partial charge in [-0.3, -0.25) is 4.79 Å². The van der Waals surface area contributed by atoms with Crippen molar-refractivity contribution in [2.45, 2.75) is 39.0 Å². The molecule has 0 saturated carbocycles. The van der Waals surface area contributed by atoms with E-state index in [0.717, 1.165) is 30.9 Å². The van der Waals surface area contributed by atoms with E-state index in [1.807, 2.05) is 0 Å². The van der Waals surface area contributed by atoms with Gasteiger partial charge in [-0.2, -0.15) is 0 Å². The van der Waals surface area contributed by atoms with Crippen molar-refractivity contribution in [3.05, 3.63) is 34.1 Å². The summed E-state index contributed by atoms with van der Waals surface area (Å²) >= 11 is 3.14. The van der Waals surface area contributed by atoms with Crippen molar-refractivity contribution in [2.75, 3.05) is 26.2 Å². The number of piperidine rings is 1. The Kier molecular flexibility index (Phi) is 7.50. The molecule has 1 heterocycles. The number of hydrogen-bond acceptors (Lipinski definition) is 2. The van der Waals surface area contributed by atoms with Crippen LogP contribution in [0.25, 0.3) is 0 Å². The Morgan fingerprint density at radius 1 is 1.35 bits per heavy atom. The maximum absolute atomic E-state index is 13.1. The Morgan fingerprint density at radius 2 is 2.09 bits per heavy atom. The molecule has 0 unspecified atom stereocenters. The van der Waals surface area contributed by atoms with Gasteiger partial charge < -0.3 is 10.2 Å². The first kappa shape index (κ1) is 18.4. The molecular formula is C18H26BrFN2O. The average molecular weight is 385 g/mol. The number of hydrogen-bond donors (Lipinski definition) is 1. The second-order valence-corrected chi connectivity index (χ2v) is 7.36. The molecule has 0 atom stereocenters. The number of carbonyl (C=O) groups is 1. The van der Waals surface area contributed by atoms with Crippen LogP contribution < -0.4 is 5.32 Å². The summed E-state index contributed by atoms with van der Waals surface area (Å²) in [6.07, 6.45) is 5.04. The number of halogens is 2. The number of amides is 1. The van der Waals surface area contributed by atoms with Gasteiger partial charge in [0.2, 0.25) is 5.91 Å². The summed E-state index contributed by atoms with van der Waals surface area (Å²) in [5.41, 5.74) is 0.818. The molecule has 0 aliphatic carbocycles. The summed E-state index contributed by atoms with van der Waals surface area (Å²) in [7, 11) is 0. The zero-order valence-corrected chi connectivity index (χ0v) is 15.4. The number of benzene rings is 1. The Bertz CT molecular complexity index is 516. The van der Waals surface area contributed by atoms with E-state index in [9.17, 15) is 9.18 Å².